The van der Waals surface area contributed by atoms with Crippen LogP contribution in [-0.4, -0.2) is 53.1 Å². The highest BCUT2D eigenvalue weighted by Gasteiger charge is 2.27. The average Bonchev–Trinajstić information content (AvgIpc) is 2.87. The van der Waals surface area contributed by atoms with Gasteiger partial charge >= 0.3 is 0 Å². The number of nitrogens with one attached hydrogen (secondary N) is 1. The number of benzene rings is 1. The second kappa shape index (κ2) is 10.0. The van der Waals surface area contributed by atoms with Gasteiger partial charge in [0.15, 0.2) is 0 Å². The van der Waals surface area contributed by atoms with Gasteiger partial charge in [0.1, 0.15) is 11.6 Å². The van der Waals surface area contributed by atoms with Crippen LogP contribution in [-0.2, 0) is 17.7 Å². The molecule has 0 bridgehead atoms. The smallest absolute Gasteiger partial charge is 0.251 e. The summed E-state index contributed by atoms with van der Waals surface area (Å²) in [4.78, 5) is 23.4. The summed E-state index contributed by atoms with van der Waals surface area (Å²) in [6.45, 7) is 6.02. The molecule has 0 spiro atoms. The van der Waals surface area contributed by atoms with Gasteiger partial charge in [0.2, 0.25) is 5.95 Å². The van der Waals surface area contributed by atoms with E-state index in [1.807, 2.05) is 12.1 Å². The van der Waals surface area contributed by atoms with Crippen LogP contribution in [0.15, 0.2) is 30.3 Å². The minimum absolute atomic E-state index is 0.112. The van der Waals surface area contributed by atoms with E-state index >= 15 is 8.78 Å². The topological polar surface area (TPSA) is 93.4 Å². The van der Waals surface area contributed by atoms with Gasteiger partial charge in [-0.2, -0.15) is 4.39 Å². The van der Waals surface area contributed by atoms with Crippen LogP contribution in [0.3, 0.4) is 0 Å². The van der Waals surface area contributed by atoms with Crippen LogP contribution in [0, 0.1) is 11.8 Å². The van der Waals surface area contributed by atoms with Crippen molar-refractivity contribution < 1.29 is 18.3 Å². The number of hydrogen-bond donors (Lipinski definition) is 2. The largest absolute Gasteiger partial charge is 0.383 e. The van der Waals surface area contributed by atoms with Crippen molar-refractivity contribution >= 4 is 11.7 Å². The molecule has 5 heterocycles. The zero-order valence-electron chi connectivity index (χ0n) is 21.4. The molecule has 3 N–H and O–H groups in total. The monoisotopic (exact) mass is 519 g/mol. The zero-order chi connectivity index (χ0) is 26.4. The third-order valence-corrected chi connectivity index (χ3v) is 7.95. The molecule has 2 atom stereocenters. The van der Waals surface area contributed by atoms with E-state index in [9.17, 15) is 4.79 Å². The van der Waals surface area contributed by atoms with Crippen molar-refractivity contribution in [1.82, 2.24) is 20.2 Å². The van der Waals surface area contributed by atoms with E-state index in [4.69, 9.17) is 15.5 Å². The van der Waals surface area contributed by atoms with Gasteiger partial charge in [0.25, 0.3) is 5.91 Å². The lowest BCUT2D eigenvalue weighted by atomic mass is 9.87. The molecule has 2 aromatic heterocycles. The van der Waals surface area contributed by atoms with E-state index in [1.54, 1.807) is 6.07 Å². The average molecular weight is 520 g/mol. The maximum absolute atomic E-state index is 15.2. The third kappa shape index (κ3) is 4.65. The highest BCUT2D eigenvalue weighted by atomic mass is 19.1. The molecule has 0 radical (unpaired) electrons. The number of aromatic nitrogens is 2. The number of likely N-dealkylation sites (tertiary alicyclic amines) is 1. The lowest BCUT2D eigenvalue weighted by Crippen LogP contribution is -2.37. The van der Waals surface area contributed by atoms with Crippen LogP contribution >= 0.6 is 0 Å². The van der Waals surface area contributed by atoms with Gasteiger partial charge in [-0.05, 0) is 87.0 Å². The molecule has 3 aliphatic heterocycles. The Hall–Kier alpha value is -3.43. The van der Waals surface area contributed by atoms with Gasteiger partial charge < -0.3 is 15.8 Å². The maximum Gasteiger partial charge on any atom is 0.251 e. The first-order valence-corrected chi connectivity index (χ1v) is 13.3. The maximum atomic E-state index is 15.2. The summed E-state index contributed by atoms with van der Waals surface area (Å²) in [5.74, 6) is -1.44. The molecule has 2 fully saturated rings. The van der Waals surface area contributed by atoms with E-state index in [1.165, 1.54) is 17.7 Å². The van der Waals surface area contributed by atoms with Crippen LogP contribution < -0.4 is 11.1 Å². The number of pyridine rings is 2. The predicted molar refractivity (Wildman–Crippen MR) is 141 cm³/mol. The number of nitrogen functional groups attached to an aromatic ring is 1. The fraction of sp³-hybridized carbons (Fsp3) is 0.414. The Morgan fingerprint density at radius 3 is 2.71 bits per heavy atom. The Labute approximate surface area is 220 Å². The number of anilines is 1. The van der Waals surface area contributed by atoms with Crippen molar-refractivity contribution in [3.05, 3.63) is 64.5 Å². The van der Waals surface area contributed by atoms with Gasteiger partial charge in [-0.15, -0.1) is 0 Å². The third-order valence-electron chi connectivity index (χ3n) is 7.95. The quantitative estimate of drug-likeness (QED) is 0.484. The van der Waals surface area contributed by atoms with Gasteiger partial charge in [-0.25, -0.2) is 9.37 Å². The van der Waals surface area contributed by atoms with E-state index in [0.717, 1.165) is 43.6 Å². The van der Waals surface area contributed by atoms with Crippen molar-refractivity contribution in [3.63, 3.8) is 0 Å². The minimum Gasteiger partial charge on any atom is -0.383 e. The van der Waals surface area contributed by atoms with Crippen molar-refractivity contribution in [2.45, 2.75) is 51.2 Å². The standard InChI is InChI=1S/C29H31F2N5O2/c1-16-11-18(6-10-38-16)19-3-4-25(34-26(19)15-36-8-2-9-36)23-13-22(28(32)35-27(23)31)21-12-17-5-7-33-29(37)20(17)14-24(21)30/h3-4,12-14,16,18H,2,5-11,15H2,1H3,(H2,32,35)(H,33,37)/t16-,18?/m0/s1. The van der Waals surface area contributed by atoms with Gasteiger partial charge in [0, 0.05) is 36.4 Å². The molecule has 1 amide bonds. The summed E-state index contributed by atoms with van der Waals surface area (Å²) in [6, 6.07) is 8.24. The van der Waals surface area contributed by atoms with E-state index in [2.05, 4.69) is 22.1 Å². The van der Waals surface area contributed by atoms with Crippen LogP contribution in [0.5, 0.6) is 0 Å². The summed E-state index contributed by atoms with van der Waals surface area (Å²) in [6.07, 6.45) is 3.77. The molecule has 3 aromatic rings. The first-order chi connectivity index (χ1) is 18.4. The van der Waals surface area contributed by atoms with E-state index < -0.39 is 11.8 Å². The number of amides is 1. The van der Waals surface area contributed by atoms with Gasteiger partial charge in [-0.1, -0.05) is 6.07 Å². The molecule has 6 rings (SSSR count). The van der Waals surface area contributed by atoms with Gasteiger partial charge in [0.05, 0.1) is 23.1 Å². The Kier molecular flexibility index (Phi) is 6.57. The summed E-state index contributed by atoms with van der Waals surface area (Å²) in [5, 5.41) is 2.72. The molecule has 9 heteroatoms. The number of fused-ring (bicyclic) bond motifs is 1. The normalized spacial score (nSPS) is 21.5. The lowest BCUT2D eigenvalue weighted by Gasteiger charge is -2.33. The molecule has 1 aromatic carbocycles. The predicted octanol–water partition coefficient (Wildman–Crippen LogP) is 4.45. The molecular weight excluding hydrogens is 488 g/mol. The van der Waals surface area contributed by atoms with Crippen LogP contribution in [0.25, 0.3) is 22.4 Å². The van der Waals surface area contributed by atoms with Crippen molar-refractivity contribution in [3.8, 4) is 22.4 Å². The summed E-state index contributed by atoms with van der Waals surface area (Å²) < 4.78 is 36.2. The zero-order valence-corrected chi connectivity index (χ0v) is 21.4. The van der Waals surface area contributed by atoms with Crippen molar-refractivity contribution in [1.29, 1.82) is 0 Å². The fourth-order valence-corrected chi connectivity index (χ4v) is 5.74. The lowest BCUT2D eigenvalue weighted by molar-refractivity contribution is 0.0183. The molecule has 2 saturated heterocycles. The highest BCUT2D eigenvalue weighted by Crippen LogP contribution is 2.37. The second-order valence-electron chi connectivity index (χ2n) is 10.5. The second-order valence-corrected chi connectivity index (χ2v) is 10.5. The first kappa shape index (κ1) is 24.9. The minimum atomic E-state index is -0.751. The van der Waals surface area contributed by atoms with Crippen LogP contribution in [0.1, 0.15) is 59.3 Å². The summed E-state index contributed by atoms with van der Waals surface area (Å²) in [5.41, 5.74) is 10.3. The fourth-order valence-electron chi connectivity index (χ4n) is 5.74. The number of nitrogens with two attached hydrogens (primary N) is 1. The molecule has 3 aliphatic rings. The Morgan fingerprint density at radius 1 is 1.11 bits per heavy atom. The number of carbonyl (C=O) groups is 1. The molecular formula is C29H31F2N5O2. The van der Waals surface area contributed by atoms with Crippen molar-refractivity contribution in [2.24, 2.45) is 0 Å². The van der Waals surface area contributed by atoms with Crippen LogP contribution in [0.2, 0.25) is 0 Å². The number of carbonyl (C=O) groups excluding carboxylic acids is 1. The Morgan fingerprint density at radius 2 is 1.95 bits per heavy atom. The van der Waals surface area contributed by atoms with Gasteiger partial charge in [-0.3, -0.25) is 14.7 Å². The molecule has 7 nitrogen and oxygen atoms in total. The Balaban J connectivity index is 1.41. The Bertz CT molecular complexity index is 1410. The number of nitrogens with zero attached hydrogens (tertiary/aromatic N) is 3. The van der Waals surface area contributed by atoms with Crippen molar-refractivity contribution in [2.75, 3.05) is 32.0 Å². The summed E-state index contributed by atoms with van der Waals surface area (Å²) >= 11 is 0. The molecule has 1 unspecified atom stereocenters. The molecule has 0 saturated carbocycles. The SMILES string of the molecule is C[C@H]1CC(c2ccc(-c3cc(-c4cc5c(cc4F)C(=O)NCC5)c(N)nc3F)nc2CN2CCC2)CCO1. The number of ether oxygens (including phenoxy) is 1. The molecule has 38 heavy (non-hydrogen) atoms. The molecule has 0 aliphatic carbocycles. The molecule has 198 valence electrons. The first-order valence-electron chi connectivity index (χ1n) is 13.3. The van der Waals surface area contributed by atoms with E-state index in [-0.39, 0.29) is 34.5 Å². The summed E-state index contributed by atoms with van der Waals surface area (Å²) in [7, 11) is 0. The number of halogens is 2. The van der Waals surface area contributed by atoms with Crippen LogP contribution in [0.4, 0.5) is 14.6 Å². The van der Waals surface area contributed by atoms with E-state index in [0.29, 0.717) is 43.3 Å². The number of hydrogen-bond acceptors (Lipinski definition) is 6. The number of rotatable bonds is 5. The highest BCUT2D eigenvalue weighted by molar-refractivity contribution is 5.97.